The number of hydrogen-bond acceptors (Lipinski definition) is 3. The second-order valence-electron chi connectivity index (χ2n) is 5.57. The van der Waals surface area contributed by atoms with E-state index in [-0.39, 0.29) is 6.10 Å². The van der Waals surface area contributed by atoms with Gasteiger partial charge >= 0.3 is 0 Å². The molecule has 1 aromatic carbocycles. The summed E-state index contributed by atoms with van der Waals surface area (Å²) >= 11 is 0. The third-order valence-electron chi connectivity index (χ3n) is 3.77. The summed E-state index contributed by atoms with van der Waals surface area (Å²) in [6.45, 7) is 6.82. The molecule has 0 aliphatic carbocycles. The van der Waals surface area contributed by atoms with Crippen LogP contribution in [0.15, 0.2) is 12.1 Å². The van der Waals surface area contributed by atoms with Crippen molar-refractivity contribution in [3.63, 3.8) is 0 Å². The van der Waals surface area contributed by atoms with Gasteiger partial charge < -0.3 is 14.6 Å². The van der Waals surface area contributed by atoms with Crippen LogP contribution in [0.4, 0.5) is 0 Å². The number of hydrogen-bond donors (Lipinski definition) is 1. The molecule has 0 fully saturated rings. The lowest BCUT2D eigenvalue weighted by Gasteiger charge is -2.17. The first-order valence-corrected chi connectivity index (χ1v) is 7.80. The highest BCUT2D eigenvalue weighted by atomic mass is 16.5. The molecule has 1 aliphatic heterocycles. The lowest BCUT2D eigenvalue weighted by atomic mass is 9.99. The van der Waals surface area contributed by atoms with Crippen LogP contribution >= 0.6 is 0 Å². The maximum atomic E-state index is 10.4. The largest absolute Gasteiger partial charge is 0.493 e. The van der Waals surface area contributed by atoms with Crippen LogP contribution < -0.4 is 9.47 Å². The van der Waals surface area contributed by atoms with Gasteiger partial charge in [-0.2, -0.15) is 0 Å². The third kappa shape index (κ3) is 3.45. The van der Waals surface area contributed by atoms with Gasteiger partial charge in [-0.1, -0.05) is 26.2 Å². The van der Waals surface area contributed by atoms with Crippen LogP contribution in [0.2, 0.25) is 0 Å². The Morgan fingerprint density at radius 2 is 2.15 bits per heavy atom. The quantitative estimate of drug-likeness (QED) is 0.765. The monoisotopic (exact) mass is 278 g/mol. The van der Waals surface area contributed by atoms with E-state index in [1.54, 1.807) is 0 Å². The van der Waals surface area contributed by atoms with Gasteiger partial charge in [0.15, 0.2) is 0 Å². The Morgan fingerprint density at radius 1 is 1.35 bits per heavy atom. The molecule has 0 saturated heterocycles. The lowest BCUT2D eigenvalue weighted by molar-refractivity contribution is 0.157. The lowest BCUT2D eigenvalue weighted by Crippen LogP contribution is -2.05. The molecule has 1 aromatic rings. The van der Waals surface area contributed by atoms with Crippen LogP contribution in [0.25, 0.3) is 0 Å². The smallest absolute Gasteiger partial charge is 0.125 e. The molecule has 0 spiro atoms. The average molecular weight is 278 g/mol. The van der Waals surface area contributed by atoms with Gasteiger partial charge in [0.05, 0.1) is 12.7 Å². The Morgan fingerprint density at radius 3 is 2.85 bits per heavy atom. The Balaban J connectivity index is 2.19. The van der Waals surface area contributed by atoms with Crippen LogP contribution in [-0.2, 0) is 6.42 Å². The highest BCUT2D eigenvalue weighted by molar-refractivity contribution is 5.49. The molecule has 0 bridgehead atoms. The molecule has 2 atom stereocenters. The first-order valence-electron chi connectivity index (χ1n) is 7.80. The Kier molecular flexibility index (Phi) is 5.30. The molecule has 3 nitrogen and oxygen atoms in total. The van der Waals surface area contributed by atoms with Gasteiger partial charge in [-0.25, -0.2) is 0 Å². The highest BCUT2D eigenvalue weighted by Crippen LogP contribution is 2.38. The minimum Gasteiger partial charge on any atom is -0.493 e. The molecule has 1 aliphatic rings. The summed E-state index contributed by atoms with van der Waals surface area (Å²) in [5.74, 6) is 1.72. The molecular weight excluding hydrogens is 252 g/mol. The summed E-state index contributed by atoms with van der Waals surface area (Å²) in [7, 11) is 0. The van der Waals surface area contributed by atoms with Crippen molar-refractivity contribution < 1.29 is 14.6 Å². The average Bonchev–Trinajstić information content (AvgIpc) is 2.77. The molecule has 1 heterocycles. The van der Waals surface area contributed by atoms with E-state index < -0.39 is 6.10 Å². The van der Waals surface area contributed by atoms with Crippen molar-refractivity contribution in [1.29, 1.82) is 0 Å². The summed E-state index contributed by atoms with van der Waals surface area (Å²) in [5, 5.41) is 10.4. The van der Waals surface area contributed by atoms with E-state index in [2.05, 4.69) is 13.8 Å². The summed E-state index contributed by atoms with van der Waals surface area (Å²) < 4.78 is 11.5. The van der Waals surface area contributed by atoms with Gasteiger partial charge in [-0.3, -0.25) is 0 Å². The highest BCUT2D eigenvalue weighted by Gasteiger charge is 2.24. The van der Waals surface area contributed by atoms with Crippen LogP contribution in [0, 0.1) is 0 Å². The number of fused-ring (bicyclic) bond motifs is 1. The van der Waals surface area contributed by atoms with Gasteiger partial charge in [0.1, 0.15) is 17.6 Å². The van der Waals surface area contributed by atoms with Crippen molar-refractivity contribution in [2.75, 3.05) is 6.61 Å². The van der Waals surface area contributed by atoms with E-state index in [0.717, 1.165) is 49.2 Å². The van der Waals surface area contributed by atoms with E-state index in [4.69, 9.17) is 9.47 Å². The van der Waals surface area contributed by atoms with Crippen LogP contribution in [0.5, 0.6) is 11.5 Å². The zero-order valence-electron chi connectivity index (χ0n) is 12.8. The van der Waals surface area contributed by atoms with Crippen molar-refractivity contribution >= 4 is 0 Å². The van der Waals surface area contributed by atoms with Gasteiger partial charge in [-0.15, -0.1) is 0 Å². The van der Waals surface area contributed by atoms with Crippen molar-refractivity contribution in [3.8, 4) is 11.5 Å². The molecule has 0 amide bonds. The SMILES string of the molecule is CCCCCC(O)c1cc2c(cc1OCC)CC(C)O2. The standard InChI is InChI=1S/C17H26O3/c1-4-6-7-8-15(18)14-11-16-13(9-12(3)20-16)10-17(14)19-5-2/h10-12,15,18H,4-9H2,1-3H3. The normalized spacial score (nSPS) is 18.5. The molecular formula is C17H26O3. The van der Waals surface area contributed by atoms with Crippen LogP contribution in [0.3, 0.4) is 0 Å². The van der Waals surface area contributed by atoms with Crippen molar-refractivity contribution in [2.45, 2.75) is 65.1 Å². The molecule has 2 unspecified atom stereocenters. The topological polar surface area (TPSA) is 38.7 Å². The van der Waals surface area contributed by atoms with E-state index in [1.807, 2.05) is 19.1 Å². The second kappa shape index (κ2) is 6.98. The van der Waals surface area contributed by atoms with E-state index in [0.29, 0.717) is 6.61 Å². The molecule has 3 heteroatoms. The summed E-state index contributed by atoms with van der Waals surface area (Å²) in [6.07, 6.45) is 4.80. The Labute approximate surface area is 121 Å². The predicted octanol–water partition coefficient (Wildman–Crippen LogP) is 4.02. The van der Waals surface area contributed by atoms with Crippen LogP contribution in [0.1, 0.15) is 63.7 Å². The van der Waals surface area contributed by atoms with E-state index >= 15 is 0 Å². The zero-order chi connectivity index (χ0) is 14.5. The van der Waals surface area contributed by atoms with Crippen molar-refractivity contribution in [2.24, 2.45) is 0 Å². The molecule has 0 saturated carbocycles. The first-order chi connectivity index (χ1) is 9.65. The predicted molar refractivity (Wildman–Crippen MR) is 80.5 cm³/mol. The molecule has 0 aromatic heterocycles. The summed E-state index contributed by atoms with van der Waals surface area (Å²) in [5.41, 5.74) is 2.06. The number of rotatable bonds is 7. The second-order valence-corrected chi connectivity index (χ2v) is 5.57. The van der Waals surface area contributed by atoms with Gasteiger partial charge in [0, 0.05) is 17.5 Å². The molecule has 0 radical (unpaired) electrons. The van der Waals surface area contributed by atoms with Gasteiger partial charge in [-0.05, 0) is 32.4 Å². The van der Waals surface area contributed by atoms with E-state index in [9.17, 15) is 5.11 Å². The maximum absolute atomic E-state index is 10.4. The Hall–Kier alpha value is -1.22. The molecule has 1 N–H and O–H groups in total. The summed E-state index contributed by atoms with van der Waals surface area (Å²) in [4.78, 5) is 0. The molecule has 112 valence electrons. The number of unbranched alkanes of at least 4 members (excludes halogenated alkanes) is 2. The van der Waals surface area contributed by atoms with Crippen molar-refractivity contribution in [1.82, 2.24) is 0 Å². The Bertz CT molecular complexity index is 442. The molecule has 2 rings (SSSR count). The number of aliphatic hydroxyl groups excluding tert-OH is 1. The van der Waals surface area contributed by atoms with Gasteiger partial charge in [0.2, 0.25) is 0 Å². The number of benzene rings is 1. The minimum absolute atomic E-state index is 0.215. The fraction of sp³-hybridized carbons (Fsp3) is 0.647. The fourth-order valence-corrected chi connectivity index (χ4v) is 2.74. The number of ether oxygens (including phenoxy) is 2. The number of aliphatic hydroxyl groups is 1. The third-order valence-corrected chi connectivity index (χ3v) is 3.77. The molecule has 20 heavy (non-hydrogen) atoms. The summed E-state index contributed by atoms with van der Waals surface area (Å²) in [6, 6.07) is 4.02. The zero-order valence-corrected chi connectivity index (χ0v) is 12.8. The fourth-order valence-electron chi connectivity index (χ4n) is 2.74. The van der Waals surface area contributed by atoms with Crippen molar-refractivity contribution in [3.05, 3.63) is 23.3 Å². The maximum Gasteiger partial charge on any atom is 0.125 e. The van der Waals surface area contributed by atoms with E-state index in [1.165, 1.54) is 5.56 Å². The van der Waals surface area contributed by atoms with Crippen LogP contribution in [-0.4, -0.2) is 17.8 Å². The first kappa shape index (κ1) is 15.2. The minimum atomic E-state index is -0.465. The van der Waals surface area contributed by atoms with Gasteiger partial charge in [0.25, 0.3) is 0 Å².